The number of ether oxygens (including phenoxy) is 1. The third-order valence-corrected chi connectivity index (χ3v) is 3.08. The number of anilines is 1. The van der Waals surface area contributed by atoms with Crippen molar-refractivity contribution in [1.29, 1.82) is 0 Å². The molecule has 2 rings (SSSR count). The van der Waals surface area contributed by atoms with Crippen molar-refractivity contribution >= 4 is 5.69 Å². The first-order valence-corrected chi connectivity index (χ1v) is 5.72. The van der Waals surface area contributed by atoms with Crippen LogP contribution in [0, 0.1) is 0 Å². The first-order valence-electron chi connectivity index (χ1n) is 5.72. The number of fused-ring (bicyclic) bond motifs is 1. The minimum absolute atomic E-state index is 0.297. The van der Waals surface area contributed by atoms with Crippen LogP contribution in [-0.2, 0) is 6.42 Å². The number of hydrogen-bond donors (Lipinski definition) is 0. The summed E-state index contributed by atoms with van der Waals surface area (Å²) in [5.41, 5.74) is 2.70. The monoisotopic (exact) mass is 205 g/mol. The lowest BCUT2D eigenvalue weighted by Gasteiger charge is -2.20. The number of rotatable bonds is 3. The molecule has 0 bridgehead atoms. The molecule has 1 heterocycles. The minimum atomic E-state index is 0.297. The molecular weight excluding hydrogens is 186 g/mol. The summed E-state index contributed by atoms with van der Waals surface area (Å²) in [6, 6.07) is 6.37. The van der Waals surface area contributed by atoms with Crippen LogP contribution in [0.4, 0.5) is 5.69 Å². The molecule has 0 amide bonds. The van der Waals surface area contributed by atoms with Gasteiger partial charge in [-0.3, -0.25) is 0 Å². The van der Waals surface area contributed by atoms with Crippen LogP contribution < -0.4 is 9.64 Å². The number of nitrogens with zero attached hydrogens (tertiary/aromatic N) is 1. The van der Waals surface area contributed by atoms with Crippen molar-refractivity contribution in [3.05, 3.63) is 23.8 Å². The molecule has 0 N–H and O–H groups in total. The molecule has 0 aromatic heterocycles. The molecule has 1 unspecified atom stereocenters. The van der Waals surface area contributed by atoms with Gasteiger partial charge in [0.15, 0.2) is 0 Å². The van der Waals surface area contributed by atoms with E-state index in [1.807, 2.05) is 0 Å². The molecule has 0 saturated heterocycles. The molecule has 1 aliphatic rings. The highest BCUT2D eigenvalue weighted by molar-refractivity contribution is 5.66. The van der Waals surface area contributed by atoms with Gasteiger partial charge in [0.1, 0.15) is 5.75 Å². The molecule has 82 valence electrons. The van der Waals surface area contributed by atoms with Gasteiger partial charge in [-0.05, 0) is 31.4 Å². The highest BCUT2D eigenvalue weighted by Crippen LogP contribution is 2.36. The van der Waals surface area contributed by atoms with E-state index < -0.39 is 0 Å². The zero-order chi connectivity index (χ0) is 10.8. The molecule has 0 fully saturated rings. The van der Waals surface area contributed by atoms with Crippen LogP contribution in [-0.4, -0.2) is 19.7 Å². The Hall–Kier alpha value is -1.18. The van der Waals surface area contributed by atoms with Gasteiger partial charge in [-0.1, -0.05) is 19.1 Å². The predicted octanol–water partition coefficient (Wildman–Crippen LogP) is 2.86. The van der Waals surface area contributed by atoms with Crippen molar-refractivity contribution in [2.24, 2.45) is 0 Å². The summed E-state index contributed by atoms with van der Waals surface area (Å²) in [6.45, 7) is 5.38. The van der Waals surface area contributed by atoms with Crippen LogP contribution in [0.15, 0.2) is 18.2 Å². The van der Waals surface area contributed by atoms with Crippen molar-refractivity contribution in [3.8, 4) is 5.75 Å². The SMILES string of the molecule is CCC(C)Oc1cccc2c1N(C)CC2. The fraction of sp³-hybridized carbons (Fsp3) is 0.538. The summed E-state index contributed by atoms with van der Waals surface area (Å²) < 4.78 is 5.94. The van der Waals surface area contributed by atoms with Gasteiger partial charge in [0.2, 0.25) is 0 Å². The first-order chi connectivity index (χ1) is 7.22. The fourth-order valence-electron chi connectivity index (χ4n) is 2.00. The van der Waals surface area contributed by atoms with Crippen LogP contribution in [0.3, 0.4) is 0 Å². The maximum atomic E-state index is 5.94. The topological polar surface area (TPSA) is 12.5 Å². The average molecular weight is 205 g/mol. The second-order valence-corrected chi connectivity index (χ2v) is 4.27. The maximum absolute atomic E-state index is 5.94. The molecule has 15 heavy (non-hydrogen) atoms. The Labute approximate surface area is 91.9 Å². The maximum Gasteiger partial charge on any atom is 0.143 e. The van der Waals surface area contributed by atoms with E-state index in [1.54, 1.807) is 0 Å². The molecule has 0 spiro atoms. The Morgan fingerprint density at radius 3 is 3.00 bits per heavy atom. The molecule has 0 radical (unpaired) electrons. The van der Waals surface area contributed by atoms with E-state index in [1.165, 1.54) is 11.3 Å². The predicted molar refractivity (Wildman–Crippen MR) is 63.8 cm³/mol. The van der Waals surface area contributed by atoms with E-state index in [-0.39, 0.29) is 0 Å². The number of benzene rings is 1. The van der Waals surface area contributed by atoms with Crippen molar-refractivity contribution in [2.75, 3.05) is 18.5 Å². The van der Waals surface area contributed by atoms with Gasteiger partial charge in [-0.25, -0.2) is 0 Å². The van der Waals surface area contributed by atoms with E-state index in [0.29, 0.717) is 6.10 Å². The molecule has 1 atom stereocenters. The van der Waals surface area contributed by atoms with Gasteiger partial charge in [-0.15, -0.1) is 0 Å². The van der Waals surface area contributed by atoms with Crippen molar-refractivity contribution in [3.63, 3.8) is 0 Å². The van der Waals surface area contributed by atoms with Gasteiger partial charge in [-0.2, -0.15) is 0 Å². The Morgan fingerprint density at radius 1 is 1.47 bits per heavy atom. The minimum Gasteiger partial charge on any atom is -0.489 e. The Kier molecular flexibility index (Phi) is 2.85. The quantitative estimate of drug-likeness (QED) is 0.752. The molecule has 1 aliphatic heterocycles. The fourth-order valence-corrected chi connectivity index (χ4v) is 2.00. The molecule has 2 heteroatoms. The molecule has 2 nitrogen and oxygen atoms in total. The summed E-state index contributed by atoms with van der Waals surface area (Å²) in [5.74, 6) is 1.04. The van der Waals surface area contributed by atoms with Crippen LogP contribution in [0.25, 0.3) is 0 Å². The van der Waals surface area contributed by atoms with Crippen LogP contribution >= 0.6 is 0 Å². The van der Waals surface area contributed by atoms with E-state index >= 15 is 0 Å². The Morgan fingerprint density at radius 2 is 2.27 bits per heavy atom. The zero-order valence-corrected chi connectivity index (χ0v) is 9.79. The second-order valence-electron chi connectivity index (χ2n) is 4.27. The summed E-state index contributed by atoms with van der Waals surface area (Å²) in [4.78, 5) is 2.28. The molecule has 0 saturated carbocycles. The van der Waals surface area contributed by atoms with E-state index in [4.69, 9.17) is 4.74 Å². The molecule has 1 aromatic rings. The van der Waals surface area contributed by atoms with Crippen molar-refractivity contribution in [1.82, 2.24) is 0 Å². The van der Waals surface area contributed by atoms with E-state index in [2.05, 4.69) is 44.0 Å². The van der Waals surface area contributed by atoms with E-state index in [9.17, 15) is 0 Å². The molecule has 0 aliphatic carbocycles. The number of para-hydroxylation sites is 1. The van der Waals surface area contributed by atoms with E-state index in [0.717, 1.165) is 25.1 Å². The number of hydrogen-bond acceptors (Lipinski definition) is 2. The van der Waals surface area contributed by atoms with Gasteiger partial charge < -0.3 is 9.64 Å². The van der Waals surface area contributed by atoms with Crippen LogP contribution in [0.2, 0.25) is 0 Å². The lowest BCUT2D eigenvalue weighted by molar-refractivity contribution is 0.218. The second kappa shape index (κ2) is 4.13. The Balaban J connectivity index is 2.28. The normalized spacial score (nSPS) is 16.3. The largest absolute Gasteiger partial charge is 0.489 e. The number of likely N-dealkylation sites (N-methyl/N-ethyl adjacent to an activating group) is 1. The van der Waals surface area contributed by atoms with Gasteiger partial charge >= 0.3 is 0 Å². The van der Waals surface area contributed by atoms with Crippen LogP contribution in [0.1, 0.15) is 25.8 Å². The van der Waals surface area contributed by atoms with Gasteiger partial charge in [0, 0.05) is 13.6 Å². The van der Waals surface area contributed by atoms with Crippen LogP contribution in [0.5, 0.6) is 5.75 Å². The highest BCUT2D eigenvalue weighted by Gasteiger charge is 2.20. The molecule has 1 aromatic carbocycles. The zero-order valence-electron chi connectivity index (χ0n) is 9.79. The Bertz CT molecular complexity index is 348. The van der Waals surface area contributed by atoms with Gasteiger partial charge in [0.25, 0.3) is 0 Å². The lowest BCUT2D eigenvalue weighted by Crippen LogP contribution is -2.16. The summed E-state index contributed by atoms with van der Waals surface area (Å²) in [7, 11) is 2.13. The third-order valence-electron chi connectivity index (χ3n) is 3.08. The van der Waals surface area contributed by atoms with Crippen molar-refractivity contribution in [2.45, 2.75) is 32.8 Å². The summed E-state index contributed by atoms with van der Waals surface area (Å²) >= 11 is 0. The average Bonchev–Trinajstić information content (AvgIpc) is 2.61. The lowest BCUT2D eigenvalue weighted by atomic mass is 10.1. The summed E-state index contributed by atoms with van der Waals surface area (Å²) in [5, 5.41) is 0. The highest BCUT2D eigenvalue weighted by atomic mass is 16.5. The standard InChI is InChI=1S/C13H19NO/c1-4-10(2)15-12-7-5-6-11-8-9-14(3)13(11)12/h5-7,10H,4,8-9H2,1-3H3. The van der Waals surface area contributed by atoms with Gasteiger partial charge in [0.05, 0.1) is 11.8 Å². The van der Waals surface area contributed by atoms with Crippen molar-refractivity contribution < 1.29 is 4.74 Å². The summed E-state index contributed by atoms with van der Waals surface area (Å²) in [6.07, 6.45) is 2.49. The smallest absolute Gasteiger partial charge is 0.143 e. The molecular formula is C13H19NO. The third kappa shape index (κ3) is 1.94. The first kappa shape index (κ1) is 10.3.